The summed E-state index contributed by atoms with van der Waals surface area (Å²) in [5.74, 6) is -0.440. The van der Waals surface area contributed by atoms with E-state index < -0.39 is 11.8 Å². The largest absolute Gasteiger partial charge is 0.508 e. The molecule has 0 saturated heterocycles. The van der Waals surface area contributed by atoms with Gasteiger partial charge in [0.05, 0.1) is 0 Å². The molecule has 0 aliphatic carbocycles. The zero-order valence-corrected chi connectivity index (χ0v) is 14.0. The van der Waals surface area contributed by atoms with Crippen LogP contribution in [0.5, 0.6) is 5.75 Å². The summed E-state index contributed by atoms with van der Waals surface area (Å²) in [4.78, 5) is 26.1. The molecule has 0 unspecified atom stereocenters. The molecule has 1 aromatic rings. The summed E-state index contributed by atoms with van der Waals surface area (Å²) < 4.78 is 0. The number of rotatable bonds is 5. The molecule has 0 saturated carbocycles. The quantitative estimate of drug-likeness (QED) is 0.649. The van der Waals surface area contributed by atoms with Crippen molar-refractivity contribution in [3.63, 3.8) is 0 Å². The molecule has 0 fully saturated rings. The number of carbonyl (C=O) groups is 2. The van der Waals surface area contributed by atoms with Gasteiger partial charge in [-0.3, -0.25) is 9.59 Å². The minimum Gasteiger partial charge on any atom is -0.508 e. The zero-order chi connectivity index (χ0) is 16.9. The van der Waals surface area contributed by atoms with Crippen LogP contribution in [0.1, 0.15) is 33.3 Å². The number of hydrogen-bond donors (Lipinski definition) is 2. The maximum absolute atomic E-state index is 12.4. The Morgan fingerprint density at radius 3 is 2.14 bits per heavy atom. The summed E-state index contributed by atoms with van der Waals surface area (Å²) in [6.45, 7) is 10.9. The van der Waals surface area contributed by atoms with Gasteiger partial charge in [0.1, 0.15) is 5.75 Å². The molecule has 0 bridgehead atoms. The van der Waals surface area contributed by atoms with E-state index in [9.17, 15) is 14.7 Å². The van der Waals surface area contributed by atoms with Crippen LogP contribution in [0.25, 0.3) is 0 Å². The van der Waals surface area contributed by atoms with E-state index in [2.05, 4.69) is 5.32 Å². The molecule has 122 valence electrons. The highest BCUT2D eigenvalue weighted by Gasteiger charge is 2.23. The van der Waals surface area contributed by atoms with Crippen LogP contribution in [0.2, 0.25) is 0 Å². The number of aryl methyl sites for hydroxylation is 1. The number of carbonyl (C=O) groups excluding carboxylic acids is 2. The van der Waals surface area contributed by atoms with Crippen LogP contribution in [0.15, 0.2) is 18.2 Å². The van der Waals surface area contributed by atoms with Crippen molar-refractivity contribution in [2.75, 3.05) is 18.4 Å². The van der Waals surface area contributed by atoms with Crippen LogP contribution < -0.4 is 5.32 Å². The van der Waals surface area contributed by atoms with Gasteiger partial charge in [-0.1, -0.05) is 27.7 Å². The summed E-state index contributed by atoms with van der Waals surface area (Å²) in [6, 6.07) is 4.61. The first-order chi connectivity index (χ1) is 10.2. The van der Waals surface area contributed by atoms with E-state index in [1.54, 1.807) is 24.0 Å². The monoisotopic (exact) mass is 306 g/mol. The van der Waals surface area contributed by atoms with Gasteiger partial charge < -0.3 is 15.3 Å². The number of nitrogens with one attached hydrogen (secondary N) is 1. The molecule has 0 atom stereocenters. The van der Waals surface area contributed by atoms with Crippen LogP contribution in [0.3, 0.4) is 0 Å². The van der Waals surface area contributed by atoms with Gasteiger partial charge in [0.15, 0.2) is 0 Å². The smallest absolute Gasteiger partial charge is 0.313 e. The minimum atomic E-state index is -0.643. The van der Waals surface area contributed by atoms with Crippen molar-refractivity contribution in [2.24, 2.45) is 11.8 Å². The standard InChI is InChI=1S/C17H26N2O3/c1-11(2)9-19(10-12(3)4)17(22)16(21)18-15-7-6-14(20)8-13(15)5/h6-8,11-12,20H,9-10H2,1-5H3,(H,18,21). The van der Waals surface area contributed by atoms with Crippen LogP contribution in [0.4, 0.5) is 5.69 Å². The summed E-state index contributed by atoms with van der Waals surface area (Å²) >= 11 is 0. The number of phenols is 1. The molecule has 0 aliphatic rings. The lowest BCUT2D eigenvalue weighted by atomic mass is 10.1. The molecule has 0 heterocycles. The van der Waals surface area contributed by atoms with E-state index in [0.717, 1.165) is 0 Å². The molecule has 5 nitrogen and oxygen atoms in total. The van der Waals surface area contributed by atoms with Gasteiger partial charge in [-0.15, -0.1) is 0 Å². The second-order valence-corrected chi connectivity index (χ2v) is 6.45. The Balaban J connectivity index is 2.82. The van der Waals surface area contributed by atoms with Crippen molar-refractivity contribution in [1.82, 2.24) is 4.90 Å². The lowest BCUT2D eigenvalue weighted by Gasteiger charge is -2.25. The third-order valence-corrected chi connectivity index (χ3v) is 3.11. The normalized spacial score (nSPS) is 10.9. The number of phenolic OH excluding ortho intramolecular Hbond substituents is 1. The van der Waals surface area contributed by atoms with Gasteiger partial charge in [-0.25, -0.2) is 0 Å². The number of hydrogen-bond acceptors (Lipinski definition) is 3. The van der Waals surface area contributed by atoms with Crippen molar-refractivity contribution in [3.8, 4) is 5.75 Å². The van der Waals surface area contributed by atoms with E-state index in [0.29, 0.717) is 36.2 Å². The Bertz CT molecular complexity index is 529. The molecule has 0 aliphatic heterocycles. The number of benzene rings is 1. The summed E-state index contributed by atoms with van der Waals surface area (Å²) in [6.07, 6.45) is 0. The Hall–Kier alpha value is -2.04. The summed E-state index contributed by atoms with van der Waals surface area (Å²) in [5.41, 5.74) is 1.24. The number of aromatic hydroxyl groups is 1. The number of amides is 2. The third kappa shape index (κ3) is 5.39. The second kappa shape index (κ2) is 7.82. The highest BCUT2D eigenvalue weighted by atomic mass is 16.3. The highest BCUT2D eigenvalue weighted by Crippen LogP contribution is 2.20. The van der Waals surface area contributed by atoms with Gasteiger partial charge >= 0.3 is 11.8 Å². The molecule has 2 N–H and O–H groups in total. The van der Waals surface area contributed by atoms with E-state index >= 15 is 0 Å². The van der Waals surface area contributed by atoms with Crippen molar-refractivity contribution in [3.05, 3.63) is 23.8 Å². The van der Waals surface area contributed by atoms with Crippen LogP contribution in [0, 0.1) is 18.8 Å². The molecule has 0 spiro atoms. The average molecular weight is 306 g/mol. The van der Waals surface area contributed by atoms with E-state index in [4.69, 9.17) is 0 Å². The maximum atomic E-state index is 12.4. The lowest BCUT2D eigenvalue weighted by Crippen LogP contribution is -2.43. The summed E-state index contributed by atoms with van der Waals surface area (Å²) in [7, 11) is 0. The Kier molecular flexibility index (Phi) is 6.40. The fraction of sp³-hybridized carbons (Fsp3) is 0.529. The lowest BCUT2D eigenvalue weighted by molar-refractivity contribution is -0.143. The van der Waals surface area contributed by atoms with Gasteiger partial charge in [-0.05, 0) is 42.5 Å². The molecule has 1 rings (SSSR count). The molecule has 2 amide bonds. The van der Waals surface area contributed by atoms with Crippen molar-refractivity contribution < 1.29 is 14.7 Å². The second-order valence-electron chi connectivity index (χ2n) is 6.45. The average Bonchev–Trinajstić information content (AvgIpc) is 2.39. The zero-order valence-electron chi connectivity index (χ0n) is 14.0. The van der Waals surface area contributed by atoms with Gasteiger partial charge in [-0.2, -0.15) is 0 Å². The first-order valence-electron chi connectivity index (χ1n) is 7.60. The minimum absolute atomic E-state index is 0.128. The molecule has 22 heavy (non-hydrogen) atoms. The molecular weight excluding hydrogens is 280 g/mol. The van der Waals surface area contributed by atoms with Gasteiger partial charge in [0.25, 0.3) is 0 Å². The van der Waals surface area contributed by atoms with E-state index in [-0.39, 0.29) is 5.75 Å². The molecule has 5 heteroatoms. The predicted octanol–water partition coefficient (Wildman–Crippen LogP) is 2.78. The van der Waals surface area contributed by atoms with E-state index in [1.807, 2.05) is 27.7 Å². The van der Waals surface area contributed by atoms with E-state index in [1.165, 1.54) is 6.07 Å². The first kappa shape index (κ1) is 18.0. The Labute approximate surface area is 132 Å². The van der Waals surface area contributed by atoms with Crippen molar-refractivity contribution in [1.29, 1.82) is 0 Å². The van der Waals surface area contributed by atoms with Crippen molar-refractivity contribution >= 4 is 17.5 Å². The molecular formula is C17H26N2O3. The highest BCUT2D eigenvalue weighted by molar-refractivity contribution is 6.39. The number of anilines is 1. The SMILES string of the molecule is Cc1cc(O)ccc1NC(=O)C(=O)N(CC(C)C)CC(C)C. The molecule has 1 aromatic carbocycles. The molecule has 0 aromatic heterocycles. The van der Waals surface area contributed by atoms with Gasteiger partial charge in [0.2, 0.25) is 0 Å². The number of nitrogens with zero attached hydrogens (tertiary/aromatic N) is 1. The fourth-order valence-corrected chi connectivity index (χ4v) is 2.23. The van der Waals surface area contributed by atoms with Crippen LogP contribution in [-0.4, -0.2) is 34.9 Å². The Morgan fingerprint density at radius 1 is 1.14 bits per heavy atom. The van der Waals surface area contributed by atoms with Crippen LogP contribution >= 0.6 is 0 Å². The third-order valence-electron chi connectivity index (χ3n) is 3.11. The topological polar surface area (TPSA) is 69.6 Å². The summed E-state index contributed by atoms with van der Waals surface area (Å²) in [5, 5.41) is 12.0. The fourth-order valence-electron chi connectivity index (χ4n) is 2.23. The van der Waals surface area contributed by atoms with Crippen molar-refractivity contribution in [2.45, 2.75) is 34.6 Å². The van der Waals surface area contributed by atoms with Gasteiger partial charge in [0, 0.05) is 18.8 Å². The predicted molar refractivity (Wildman–Crippen MR) is 87.7 cm³/mol. The van der Waals surface area contributed by atoms with Crippen LogP contribution in [-0.2, 0) is 9.59 Å². The maximum Gasteiger partial charge on any atom is 0.313 e. The Morgan fingerprint density at radius 2 is 1.68 bits per heavy atom. The first-order valence-corrected chi connectivity index (χ1v) is 7.60. The molecule has 0 radical (unpaired) electrons.